The van der Waals surface area contributed by atoms with Crippen molar-refractivity contribution in [2.24, 2.45) is 0 Å². The molecule has 1 heterocycles. The summed E-state index contributed by atoms with van der Waals surface area (Å²) in [6, 6.07) is 3.16. The van der Waals surface area contributed by atoms with Gasteiger partial charge in [0.1, 0.15) is 11.6 Å². The van der Waals surface area contributed by atoms with Crippen molar-refractivity contribution in [3.63, 3.8) is 0 Å². The molecule has 0 spiro atoms. The summed E-state index contributed by atoms with van der Waals surface area (Å²) >= 11 is 0. The molecule has 0 aliphatic rings. The van der Waals surface area contributed by atoms with Crippen LogP contribution in [-0.2, 0) is 16.6 Å². The van der Waals surface area contributed by atoms with E-state index in [0.717, 1.165) is 12.1 Å². The van der Waals surface area contributed by atoms with E-state index in [-0.39, 0.29) is 16.5 Å². The highest BCUT2D eigenvalue weighted by Crippen LogP contribution is 2.22. The molecular formula is C12H14FN3O3S. The second kappa shape index (κ2) is 5.12. The first-order valence-corrected chi connectivity index (χ1v) is 7.37. The lowest BCUT2D eigenvalue weighted by Gasteiger charge is -2.06. The molecule has 1 aromatic carbocycles. The van der Waals surface area contributed by atoms with Crippen molar-refractivity contribution in [2.75, 3.05) is 4.72 Å². The molecule has 0 saturated carbocycles. The van der Waals surface area contributed by atoms with E-state index in [1.54, 1.807) is 11.5 Å². The summed E-state index contributed by atoms with van der Waals surface area (Å²) in [6.07, 6.45) is 1.38. The molecular weight excluding hydrogens is 285 g/mol. The molecule has 2 rings (SSSR count). The maximum absolute atomic E-state index is 13.5. The summed E-state index contributed by atoms with van der Waals surface area (Å²) < 4.78 is 41.5. The maximum atomic E-state index is 13.5. The second-order valence-electron chi connectivity index (χ2n) is 4.18. The summed E-state index contributed by atoms with van der Waals surface area (Å²) in [6.45, 7) is 4.13. The van der Waals surface area contributed by atoms with E-state index in [4.69, 9.17) is 5.11 Å². The third kappa shape index (κ3) is 2.74. The average Bonchev–Trinajstić information content (AvgIpc) is 2.75. The number of aromatic hydroxyl groups is 1. The lowest BCUT2D eigenvalue weighted by atomic mass is 10.3. The Bertz CT molecular complexity index is 740. The zero-order valence-corrected chi connectivity index (χ0v) is 11.8. The fourth-order valence-corrected chi connectivity index (χ4v) is 2.79. The first-order chi connectivity index (χ1) is 9.33. The number of sulfonamides is 1. The van der Waals surface area contributed by atoms with Gasteiger partial charge in [0.2, 0.25) is 0 Å². The molecule has 0 aliphatic heterocycles. The lowest BCUT2D eigenvalue weighted by molar-refractivity contribution is 0.469. The van der Waals surface area contributed by atoms with Crippen LogP contribution in [0, 0.1) is 12.7 Å². The predicted octanol–water partition coefficient (Wildman–Crippen LogP) is 1.86. The van der Waals surface area contributed by atoms with Crippen LogP contribution < -0.4 is 4.72 Å². The summed E-state index contributed by atoms with van der Waals surface area (Å²) in [5.41, 5.74) is -0.244. The van der Waals surface area contributed by atoms with Crippen LogP contribution in [0.2, 0.25) is 0 Å². The number of rotatable bonds is 4. The molecule has 0 radical (unpaired) electrons. The molecule has 108 valence electrons. The van der Waals surface area contributed by atoms with Crippen LogP contribution in [-0.4, -0.2) is 23.1 Å². The van der Waals surface area contributed by atoms with Crippen molar-refractivity contribution in [1.29, 1.82) is 0 Å². The molecule has 0 saturated heterocycles. The van der Waals surface area contributed by atoms with Crippen molar-refractivity contribution in [3.8, 4) is 5.75 Å². The fraction of sp³-hybridized carbons (Fsp3) is 0.250. The van der Waals surface area contributed by atoms with E-state index in [1.807, 2.05) is 6.92 Å². The van der Waals surface area contributed by atoms with Crippen molar-refractivity contribution < 1.29 is 17.9 Å². The number of hydrogen-bond acceptors (Lipinski definition) is 4. The van der Waals surface area contributed by atoms with Crippen LogP contribution >= 0.6 is 0 Å². The Kier molecular flexibility index (Phi) is 3.67. The van der Waals surface area contributed by atoms with Gasteiger partial charge < -0.3 is 9.67 Å². The Hall–Kier alpha value is -2.09. The van der Waals surface area contributed by atoms with Gasteiger partial charge in [-0.3, -0.25) is 4.72 Å². The van der Waals surface area contributed by atoms with Gasteiger partial charge in [0.25, 0.3) is 10.0 Å². The Morgan fingerprint density at radius 3 is 2.70 bits per heavy atom. The highest BCUT2D eigenvalue weighted by Gasteiger charge is 2.20. The van der Waals surface area contributed by atoms with Gasteiger partial charge >= 0.3 is 0 Å². The summed E-state index contributed by atoms with van der Waals surface area (Å²) in [4.78, 5) is 3.94. The van der Waals surface area contributed by atoms with Crippen LogP contribution in [0.15, 0.2) is 29.4 Å². The average molecular weight is 299 g/mol. The highest BCUT2D eigenvalue weighted by atomic mass is 32.2. The molecule has 1 aromatic heterocycles. The summed E-state index contributed by atoms with van der Waals surface area (Å²) in [5, 5.41) is 8.92. The van der Waals surface area contributed by atoms with Gasteiger partial charge in [-0.05, 0) is 26.0 Å². The maximum Gasteiger partial charge on any atom is 0.281 e. The number of anilines is 1. The number of benzene rings is 1. The number of halogens is 1. The standard InChI is InChI=1S/C12H14FN3O3S/c1-3-16-7-12(14-8(16)2)20(18,19)15-11-5-4-9(17)6-10(11)13/h4-7,15,17H,3H2,1-2H3. The third-order valence-corrected chi connectivity index (χ3v) is 4.00. The summed E-state index contributed by atoms with van der Waals surface area (Å²) in [7, 11) is -3.96. The number of phenolic OH excluding ortho intramolecular Hbond substituents is 1. The molecule has 0 aliphatic carbocycles. The van der Waals surface area contributed by atoms with Gasteiger partial charge in [-0.2, -0.15) is 8.42 Å². The van der Waals surface area contributed by atoms with E-state index in [9.17, 15) is 12.8 Å². The molecule has 8 heteroatoms. The van der Waals surface area contributed by atoms with Crippen LogP contribution in [0.3, 0.4) is 0 Å². The van der Waals surface area contributed by atoms with Crippen molar-refractivity contribution in [2.45, 2.75) is 25.4 Å². The molecule has 2 aromatic rings. The third-order valence-electron chi connectivity index (χ3n) is 2.77. The van der Waals surface area contributed by atoms with Crippen LogP contribution in [0.25, 0.3) is 0 Å². The second-order valence-corrected chi connectivity index (χ2v) is 5.81. The number of aryl methyl sites for hydroxylation is 2. The molecule has 0 bridgehead atoms. The minimum absolute atomic E-state index is 0.177. The van der Waals surface area contributed by atoms with E-state index in [0.29, 0.717) is 12.4 Å². The molecule has 2 N–H and O–H groups in total. The SMILES string of the molecule is CCn1cc(S(=O)(=O)Nc2ccc(O)cc2F)nc1C. The first kappa shape index (κ1) is 14.3. The van der Waals surface area contributed by atoms with Gasteiger partial charge in [0.15, 0.2) is 10.8 Å². The van der Waals surface area contributed by atoms with E-state index < -0.39 is 15.8 Å². The fourth-order valence-electron chi connectivity index (χ4n) is 1.71. The molecule has 6 nitrogen and oxygen atoms in total. The van der Waals surface area contributed by atoms with Gasteiger partial charge in [-0.1, -0.05) is 0 Å². The minimum atomic E-state index is -3.96. The first-order valence-electron chi connectivity index (χ1n) is 5.88. The molecule has 0 atom stereocenters. The normalized spacial score (nSPS) is 11.6. The van der Waals surface area contributed by atoms with Crippen molar-refractivity contribution in [1.82, 2.24) is 9.55 Å². The number of nitrogens with zero attached hydrogens (tertiary/aromatic N) is 2. The predicted molar refractivity (Wildman–Crippen MR) is 71.5 cm³/mol. The number of aromatic nitrogens is 2. The Morgan fingerprint density at radius 2 is 2.15 bits per heavy atom. The van der Waals surface area contributed by atoms with Crippen LogP contribution in [0.4, 0.5) is 10.1 Å². The van der Waals surface area contributed by atoms with Crippen LogP contribution in [0.1, 0.15) is 12.7 Å². The zero-order chi connectivity index (χ0) is 14.9. The molecule has 0 amide bonds. The Morgan fingerprint density at radius 1 is 1.45 bits per heavy atom. The minimum Gasteiger partial charge on any atom is -0.508 e. The zero-order valence-electron chi connectivity index (χ0n) is 11.0. The van der Waals surface area contributed by atoms with Gasteiger partial charge in [0.05, 0.1) is 5.69 Å². The smallest absolute Gasteiger partial charge is 0.281 e. The summed E-state index contributed by atoms with van der Waals surface area (Å²) in [5.74, 6) is -0.587. The highest BCUT2D eigenvalue weighted by molar-refractivity contribution is 7.92. The number of hydrogen-bond donors (Lipinski definition) is 2. The lowest BCUT2D eigenvalue weighted by Crippen LogP contribution is -2.14. The van der Waals surface area contributed by atoms with Crippen molar-refractivity contribution >= 4 is 15.7 Å². The van der Waals surface area contributed by atoms with E-state index in [2.05, 4.69) is 9.71 Å². The van der Waals surface area contributed by atoms with Gasteiger partial charge in [-0.25, -0.2) is 9.37 Å². The Balaban J connectivity index is 2.35. The largest absolute Gasteiger partial charge is 0.508 e. The molecule has 0 fully saturated rings. The van der Waals surface area contributed by atoms with Gasteiger partial charge in [-0.15, -0.1) is 0 Å². The number of imidazole rings is 1. The molecule has 20 heavy (non-hydrogen) atoms. The number of phenols is 1. The topological polar surface area (TPSA) is 84.2 Å². The molecule has 0 unspecified atom stereocenters. The van der Waals surface area contributed by atoms with Gasteiger partial charge in [0, 0.05) is 18.8 Å². The van der Waals surface area contributed by atoms with Crippen molar-refractivity contribution in [3.05, 3.63) is 36.0 Å². The van der Waals surface area contributed by atoms with Crippen LogP contribution in [0.5, 0.6) is 5.75 Å². The number of nitrogens with one attached hydrogen (secondary N) is 1. The van der Waals surface area contributed by atoms with E-state index >= 15 is 0 Å². The quantitative estimate of drug-likeness (QED) is 0.844. The monoisotopic (exact) mass is 299 g/mol. The van der Waals surface area contributed by atoms with E-state index in [1.165, 1.54) is 12.3 Å². The Labute approximate surface area is 115 Å².